The van der Waals surface area contributed by atoms with Crippen molar-refractivity contribution in [3.8, 4) is 0 Å². The molecule has 0 bridgehead atoms. The molecule has 0 spiro atoms. The summed E-state index contributed by atoms with van der Waals surface area (Å²) in [7, 11) is -2.31. The Balaban J connectivity index is 1.47. The third-order valence-corrected chi connectivity index (χ3v) is 7.40. The van der Waals surface area contributed by atoms with Crippen molar-refractivity contribution in [2.45, 2.75) is 24.3 Å². The quantitative estimate of drug-likeness (QED) is 0.645. The van der Waals surface area contributed by atoms with Crippen molar-refractivity contribution in [1.82, 2.24) is 14.2 Å². The summed E-state index contributed by atoms with van der Waals surface area (Å²) in [5.74, 6) is -1.65. The number of oxazole rings is 1. The maximum absolute atomic E-state index is 13.1. The van der Waals surface area contributed by atoms with Gasteiger partial charge in [-0.2, -0.15) is 4.31 Å². The van der Waals surface area contributed by atoms with Crippen LogP contribution in [0, 0.1) is 11.7 Å². The summed E-state index contributed by atoms with van der Waals surface area (Å²) in [5, 5.41) is 2.80. The number of fused-ring (bicyclic) bond motifs is 1. The first kappa shape index (κ1) is 21.3. The van der Waals surface area contributed by atoms with Gasteiger partial charge in [0.25, 0.3) is 0 Å². The lowest BCUT2D eigenvalue weighted by atomic mass is 9.99. The Morgan fingerprint density at radius 2 is 1.97 bits per heavy atom. The van der Waals surface area contributed by atoms with Crippen LogP contribution < -0.4 is 11.1 Å². The molecule has 0 unspecified atom stereocenters. The highest BCUT2D eigenvalue weighted by molar-refractivity contribution is 7.89. The number of carbonyl (C=O) groups is 1. The van der Waals surface area contributed by atoms with Gasteiger partial charge in [-0.3, -0.25) is 9.36 Å². The minimum atomic E-state index is -3.86. The molecule has 2 aromatic carbocycles. The van der Waals surface area contributed by atoms with Gasteiger partial charge in [0.2, 0.25) is 15.9 Å². The molecule has 8 nitrogen and oxygen atoms in total. The van der Waals surface area contributed by atoms with Gasteiger partial charge < -0.3 is 9.73 Å². The van der Waals surface area contributed by atoms with Crippen LogP contribution >= 0.6 is 0 Å². The summed E-state index contributed by atoms with van der Waals surface area (Å²) in [4.78, 5) is 24.3. The topological polar surface area (TPSA) is 102 Å². The number of nitrogens with zero attached hydrogens (tertiary/aromatic N) is 2. The zero-order valence-corrected chi connectivity index (χ0v) is 17.7. The van der Waals surface area contributed by atoms with E-state index in [-0.39, 0.29) is 35.3 Å². The largest absolute Gasteiger partial charge is 0.419 e. The average molecular weight is 447 g/mol. The number of hydrogen-bond acceptors (Lipinski definition) is 5. The van der Waals surface area contributed by atoms with Crippen molar-refractivity contribution in [3.05, 3.63) is 64.4 Å². The van der Waals surface area contributed by atoms with Gasteiger partial charge in [0.15, 0.2) is 5.58 Å². The molecule has 1 aliphatic rings. The second-order valence-electron chi connectivity index (χ2n) is 7.60. The van der Waals surface area contributed by atoms with Crippen LogP contribution in [0.1, 0.15) is 18.4 Å². The Kier molecular flexibility index (Phi) is 5.67. The molecule has 1 N–H and O–H groups in total. The molecule has 3 aromatic rings. The minimum Gasteiger partial charge on any atom is -0.408 e. The number of nitrogens with one attached hydrogen (secondary N) is 1. The Labute approximate surface area is 178 Å². The maximum Gasteiger partial charge on any atom is 0.419 e. The minimum absolute atomic E-state index is 0.0155. The van der Waals surface area contributed by atoms with Crippen LogP contribution in [0.5, 0.6) is 0 Å². The number of aryl methyl sites for hydroxylation is 1. The van der Waals surface area contributed by atoms with E-state index >= 15 is 0 Å². The normalized spacial score (nSPS) is 17.7. The monoisotopic (exact) mass is 447 g/mol. The van der Waals surface area contributed by atoms with Crippen molar-refractivity contribution in [3.63, 3.8) is 0 Å². The third kappa shape index (κ3) is 4.26. The summed E-state index contributed by atoms with van der Waals surface area (Å²) >= 11 is 0. The van der Waals surface area contributed by atoms with Crippen LogP contribution in [0.25, 0.3) is 11.1 Å². The number of hydrogen-bond donors (Lipinski definition) is 1. The highest BCUT2D eigenvalue weighted by Crippen LogP contribution is 2.26. The first-order valence-corrected chi connectivity index (χ1v) is 11.3. The molecular formula is C21H22FN3O5S. The second-order valence-corrected chi connectivity index (χ2v) is 9.54. The Morgan fingerprint density at radius 3 is 2.71 bits per heavy atom. The third-order valence-electron chi connectivity index (χ3n) is 5.54. The van der Waals surface area contributed by atoms with Crippen LogP contribution in [0.2, 0.25) is 0 Å². The summed E-state index contributed by atoms with van der Waals surface area (Å²) in [5.41, 5.74) is 1.45. The molecule has 10 heteroatoms. The number of sulfonamides is 1. The molecule has 2 heterocycles. The van der Waals surface area contributed by atoms with Gasteiger partial charge in [0.05, 0.1) is 16.3 Å². The summed E-state index contributed by atoms with van der Waals surface area (Å²) in [6.07, 6.45) is 1.13. The molecule has 0 saturated carbocycles. The predicted molar refractivity (Wildman–Crippen MR) is 111 cm³/mol. The first-order valence-electron chi connectivity index (χ1n) is 9.87. The predicted octanol–water partition coefficient (Wildman–Crippen LogP) is 1.99. The van der Waals surface area contributed by atoms with E-state index in [2.05, 4.69) is 5.32 Å². The fourth-order valence-electron chi connectivity index (χ4n) is 3.73. The molecule has 0 radical (unpaired) electrons. The highest BCUT2D eigenvalue weighted by atomic mass is 32.2. The van der Waals surface area contributed by atoms with Crippen molar-refractivity contribution < 1.29 is 22.0 Å². The van der Waals surface area contributed by atoms with Crippen LogP contribution in [-0.2, 0) is 28.4 Å². The van der Waals surface area contributed by atoms with Gasteiger partial charge in [0, 0.05) is 32.7 Å². The number of halogens is 1. The summed E-state index contributed by atoms with van der Waals surface area (Å²) < 4.78 is 47.0. The molecule has 0 aliphatic carbocycles. The lowest BCUT2D eigenvalue weighted by Gasteiger charge is -2.31. The van der Waals surface area contributed by atoms with Gasteiger partial charge in [-0.1, -0.05) is 12.1 Å². The summed E-state index contributed by atoms with van der Waals surface area (Å²) in [6, 6.07) is 10.1. The van der Waals surface area contributed by atoms with Crippen molar-refractivity contribution >= 4 is 27.0 Å². The molecule has 1 amide bonds. The number of aromatic nitrogens is 1. The van der Waals surface area contributed by atoms with E-state index < -0.39 is 21.7 Å². The van der Waals surface area contributed by atoms with Gasteiger partial charge >= 0.3 is 5.76 Å². The Bertz CT molecular complexity index is 1280. The number of rotatable bonds is 5. The molecule has 1 fully saturated rings. The zero-order valence-electron chi connectivity index (χ0n) is 16.9. The maximum atomic E-state index is 13.1. The standard InChI is InChI=1S/C21H22FN3O5S/c1-24-18-9-8-17(11-19(18)30-21(24)27)31(28,29)25-10-2-3-15(13-25)20(26)23-12-14-4-6-16(22)7-5-14/h4-9,11,15H,2-3,10,12-13H2,1H3,(H,23,26)/t15-/m1/s1. The average Bonchev–Trinajstić information content (AvgIpc) is 3.06. The molecule has 1 atom stereocenters. The van der Waals surface area contributed by atoms with E-state index in [1.54, 1.807) is 19.2 Å². The second kappa shape index (κ2) is 8.27. The lowest BCUT2D eigenvalue weighted by molar-refractivity contribution is -0.126. The lowest BCUT2D eigenvalue weighted by Crippen LogP contribution is -2.45. The fourth-order valence-corrected chi connectivity index (χ4v) is 5.27. The SMILES string of the molecule is Cn1c(=O)oc2cc(S(=O)(=O)N3CCC[C@@H](C(=O)NCc4ccc(F)cc4)C3)ccc21. The zero-order chi connectivity index (χ0) is 22.2. The van der Waals surface area contributed by atoms with Crippen LogP contribution in [0.15, 0.2) is 56.6 Å². The molecule has 4 rings (SSSR count). The van der Waals surface area contributed by atoms with Gasteiger partial charge in [-0.15, -0.1) is 0 Å². The van der Waals surface area contributed by atoms with Crippen LogP contribution in [0.3, 0.4) is 0 Å². The molecule has 1 aliphatic heterocycles. The van der Waals surface area contributed by atoms with Crippen LogP contribution in [0.4, 0.5) is 4.39 Å². The van der Waals surface area contributed by atoms with Gasteiger partial charge in [-0.25, -0.2) is 17.6 Å². The molecule has 1 aromatic heterocycles. The fraction of sp³-hybridized carbons (Fsp3) is 0.333. The molecule has 31 heavy (non-hydrogen) atoms. The summed E-state index contributed by atoms with van der Waals surface area (Å²) in [6.45, 7) is 0.612. The van der Waals surface area contributed by atoms with Crippen molar-refractivity contribution in [1.29, 1.82) is 0 Å². The highest BCUT2D eigenvalue weighted by Gasteiger charge is 2.33. The first-order chi connectivity index (χ1) is 14.8. The Morgan fingerprint density at radius 1 is 1.23 bits per heavy atom. The molecule has 1 saturated heterocycles. The van der Waals surface area contributed by atoms with Gasteiger partial charge in [-0.05, 0) is 42.7 Å². The van der Waals surface area contributed by atoms with E-state index in [9.17, 15) is 22.4 Å². The van der Waals surface area contributed by atoms with E-state index in [1.165, 1.54) is 39.2 Å². The van der Waals surface area contributed by atoms with E-state index in [0.29, 0.717) is 24.9 Å². The van der Waals surface area contributed by atoms with Crippen LogP contribution in [-0.4, -0.2) is 36.3 Å². The molecule has 164 valence electrons. The van der Waals surface area contributed by atoms with E-state index in [1.807, 2.05) is 0 Å². The molecular weight excluding hydrogens is 425 g/mol. The number of piperidine rings is 1. The van der Waals surface area contributed by atoms with E-state index in [4.69, 9.17) is 4.42 Å². The number of amides is 1. The van der Waals surface area contributed by atoms with E-state index in [0.717, 1.165) is 5.56 Å². The smallest absolute Gasteiger partial charge is 0.408 e. The van der Waals surface area contributed by atoms with Crippen molar-refractivity contribution in [2.75, 3.05) is 13.1 Å². The Hall–Kier alpha value is -2.98. The number of carbonyl (C=O) groups excluding carboxylic acids is 1. The number of benzene rings is 2. The van der Waals surface area contributed by atoms with Gasteiger partial charge in [0.1, 0.15) is 5.82 Å². The van der Waals surface area contributed by atoms with Crippen molar-refractivity contribution in [2.24, 2.45) is 13.0 Å².